The summed E-state index contributed by atoms with van der Waals surface area (Å²) >= 11 is 0. The van der Waals surface area contributed by atoms with Gasteiger partial charge in [-0.2, -0.15) is 0 Å². The molecule has 3 atom stereocenters. The Morgan fingerprint density at radius 3 is 2.60 bits per heavy atom. The molecule has 1 spiro atoms. The van der Waals surface area contributed by atoms with Crippen molar-refractivity contribution in [3.8, 4) is 0 Å². The molecule has 2 saturated heterocycles. The molecular formula is C27H39N3O5. The van der Waals surface area contributed by atoms with Crippen molar-refractivity contribution in [3.63, 3.8) is 0 Å². The molecule has 192 valence electrons. The number of anilines is 1. The Bertz CT molecular complexity index is 911. The summed E-state index contributed by atoms with van der Waals surface area (Å²) in [7, 11) is 0. The number of likely N-dealkylation sites (tertiary alicyclic amines) is 1. The summed E-state index contributed by atoms with van der Waals surface area (Å²) in [5.41, 5.74) is 0.376. The number of piperidine rings is 1. The number of para-hydroxylation sites is 1. The summed E-state index contributed by atoms with van der Waals surface area (Å²) in [5.74, 6) is 0.750. The molecule has 0 aromatic heterocycles. The summed E-state index contributed by atoms with van der Waals surface area (Å²) < 4.78 is 12.1. The maximum atomic E-state index is 13.6. The van der Waals surface area contributed by atoms with E-state index in [0.717, 1.165) is 12.1 Å². The van der Waals surface area contributed by atoms with Crippen LogP contribution in [0.4, 0.5) is 5.69 Å². The molecule has 2 N–H and O–H groups in total. The fourth-order valence-corrected chi connectivity index (χ4v) is 5.79. The predicted molar refractivity (Wildman–Crippen MR) is 133 cm³/mol. The van der Waals surface area contributed by atoms with Gasteiger partial charge in [0.1, 0.15) is 5.54 Å². The number of amides is 2. The zero-order chi connectivity index (χ0) is 25.0. The lowest BCUT2D eigenvalue weighted by Gasteiger charge is -2.44. The van der Waals surface area contributed by atoms with E-state index in [1.54, 1.807) is 4.90 Å². The molecule has 3 unspecified atom stereocenters. The van der Waals surface area contributed by atoms with E-state index in [0.29, 0.717) is 57.3 Å². The number of rotatable bonds is 8. The van der Waals surface area contributed by atoms with Crippen LogP contribution in [0.5, 0.6) is 0 Å². The molecule has 35 heavy (non-hydrogen) atoms. The Balaban J connectivity index is 1.49. The highest BCUT2D eigenvalue weighted by Crippen LogP contribution is 2.39. The van der Waals surface area contributed by atoms with Gasteiger partial charge in [0.2, 0.25) is 12.2 Å². The second-order valence-corrected chi connectivity index (χ2v) is 10.1. The van der Waals surface area contributed by atoms with E-state index in [1.807, 2.05) is 43.3 Å². The molecular weight excluding hydrogens is 446 g/mol. The first kappa shape index (κ1) is 25.5. The van der Waals surface area contributed by atoms with Crippen LogP contribution in [0.25, 0.3) is 0 Å². The third kappa shape index (κ3) is 5.05. The van der Waals surface area contributed by atoms with Crippen LogP contribution in [0, 0.1) is 17.8 Å². The number of carbonyl (C=O) groups excluding carboxylic acids is 2. The van der Waals surface area contributed by atoms with Gasteiger partial charge in [-0.25, -0.2) is 0 Å². The normalized spacial score (nSPS) is 26.0. The smallest absolute Gasteiger partial charge is 0.288 e. The number of ether oxygens (including phenoxy) is 2. The van der Waals surface area contributed by atoms with E-state index in [4.69, 9.17) is 9.47 Å². The molecule has 1 aromatic carbocycles. The van der Waals surface area contributed by atoms with Gasteiger partial charge in [-0.05, 0) is 62.7 Å². The van der Waals surface area contributed by atoms with E-state index in [-0.39, 0.29) is 30.3 Å². The number of carbonyl (C=O) groups is 2. The number of hydrogen-bond acceptors (Lipinski definition) is 6. The monoisotopic (exact) mass is 485 g/mol. The van der Waals surface area contributed by atoms with Gasteiger partial charge in [0.25, 0.3) is 5.91 Å². The SMILES string of the molecule is CCOC1OC(C(=O)N2CCC3(CC2)C(=O)NCN3c2ccccc2)=CC(C(C)C)C1CCCO. The highest BCUT2D eigenvalue weighted by Gasteiger charge is 2.51. The molecule has 2 amide bonds. The van der Waals surface area contributed by atoms with Crippen LogP contribution >= 0.6 is 0 Å². The quantitative estimate of drug-likeness (QED) is 0.589. The minimum Gasteiger partial charge on any atom is -0.459 e. The molecule has 1 aromatic rings. The number of nitrogens with one attached hydrogen (secondary N) is 1. The molecule has 3 aliphatic rings. The molecule has 3 heterocycles. The maximum absolute atomic E-state index is 13.6. The van der Waals surface area contributed by atoms with Gasteiger partial charge in [0.15, 0.2) is 5.76 Å². The first-order chi connectivity index (χ1) is 16.9. The first-order valence-electron chi connectivity index (χ1n) is 12.9. The standard InChI is InChI=1S/C27H39N3O5/c1-4-34-25-21(11-8-16-31)22(19(2)3)17-23(35-25)24(32)29-14-12-27(13-15-29)26(33)28-18-30(27)20-9-6-5-7-10-20/h5-7,9-10,17,19,21-22,25,31H,4,8,11-16,18H2,1-3H3,(H,28,33). The van der Waals surface area contributed by atoms with E-state index in [9.17, 15) is 14.7 Å². The Morgan fingerprint density at radius 1 is 1.26 bits per heavy atom. The minimum absolute atomic E-state index is 0.0320. The molecule has 8 nitrogen and oxygen atoms in total. The van der Waals surface area contributed by atoms with Crippen molar-refractivity contribution < 1.29 is 24.2 Å². The number of hydrogen-bond donors (Lipinski definition) is 2. The predicted octanol–water partition coefficient (Wildman–Crippen LogP) is 2.88. The van der Waals surface area contributed by atoms with Crippen molar-refractivity contribution in [1.82, 2.24) is 10.2 Å². The fourth-order valence-electron chi connectivity index (χ4n) is 5.79. The second kappa shape index (κ2) is 11.0. The molecule has 0 saturated carbocycles. The summed E-state index contributed by atoms with van der Waals surface area (Å²) in [6, 6.07) is 9.96. The van der Waals surface area contributed by atoms with E-state index < -0.39 is 11.8 Å². The molecule has 4 rings (SSSR count). The molecule has 0 aliphatic carbocycles. The average Bonchev–Trinajstić information content (AvgIpc) is 3.18. The van der Waals surface area contributed by atoms with Gasteiger partial charge in [-0.15, -0.1) is 0 Å². The number of aliphatic hydroxyl groups is 1. The summed E-state index contributed by atoms with van der Waals surface area (Å²) in [6.45, 7) is 8.27. The van der Waals surface area contributed by atoms with Crippen molar-refractivity contribution >= 4 is 17.5 Å². The molecule has 3 aliphatic heterocycles. The average molecular weight is 486 g/mol. The Kier molecular flexibility index (Phi) is 8.02. The van der Waals surface area contributed by atoms with Crippen molar-refractivity contribution in [1.29, 1.82) is 0 Å². The van der Waals surface area contributed by atoms with Gasteiger partial charge in [0, 0.05) is 37.9 Å². The molecule has 0 bridgehead atoms. The lowest BCUT2D eigenvalue weighted by atomic mass is 9.78. The molecule has 0 radical (unpaired) electrons. The lowest BCUT2D eigenvalue weighted by Crippen LogP contribution is -2.57. The zero-order valence-electron chi connectivity index (χ0n) is 21.1. The summed E-state index contributed by atoms with van der Waals surface area (Å²) in [4.78, 5) is 30.4. The lowest BCUT2D eigenvalue weighted by molar-refractivity contribution is -0.178. The van der Waals surface area contributed by atoms with Crippen LogP contribution in [-0.4, -0.2) is 66.6 Å². The topological polar surface area (TPSA) is 91.3 Å². The van der Waals surface area contributed by atoms with Gasteiger partial charge < -0.3 is 29.7 Å². The van der Waals surface area contributed by atoms with Gasteiger partial charge in [-0.1, -0.05) is 32.0 Å². The summed E-state index contributed by atoms with van der Waals surface area (Å²) in [6.07, 6.45) is 4.04. The van der Waals surface area contributed by atoms with Gasteiger partial charge >= 0.3 is 0 Å². The highest BCUT2D eigenvalue weighted by molar-refractivity contribution is 5.95. The van der Waals surface area contributed by atoms with Crippen molar-refractivity contribution in [2.45, 2.75) is 58.3 Å². The molecule has 8 heteroatoms. The maximum Gasteiger partial charge on any atom is 0.288 e. The molecule has 2 fully saturated rings. The zero-order valence-corrected chi connectivity index (χ0v) is 21.1. The Labute approximate surface area is 208 Å². The van der Waals surface area contributed by atoms with E-state index >= 15 is 0 Å². The van der Waals surface area contributed by atoms with Crippen molar-refractivity contribution in [3.05, 3.63) is 42.2 Å². The van der Waals surface area contributed by atoms with Crippen LogP contribution in [0.1, 0.15) is 46.5 Å². The fraction of sp³-hybridized carbons (Fsp3) is 0.630. The second-order valence-electron chi connectivity index (χ2n) is 10.1. The Hall–Kier alpha value is -2.58. The number of allylic oxidation sites excluding steroid dienone is 1. The van der Waals surface area contributed by atoms with Crippen molar-refractivity contribution in [2.24, 2.45) is 17.8 Å². The number of aliphatic hydroxyl groups excluding tert-OH is 1. The van der Waals surface area contributed by atoms with E-state index in [2.05, 4.69) is 24.1 Å². The van der Waals surface area contributed by atoms with Crippen LogP contribution in [0.3, 0.4) is 0 Å². The Morgan fingerprint density at radius 2 is 1.97 bits per heavy atom. The number of nitrogens with zero attached hydrogens (tertiary/aromatic N) is 2. The first-order valence-corrected chi connectivity index (χ1v) is 12.9. The van der Waals surface area contributed by atoms with Crippen LogP contribution in [0.2, 0.25) is 0 Å². The van der Waals surface area contributed by atoms with E-state index in [1.165, 1.54) is 0 Å². The third-order valence-corrected chi connectivity index (χ3v) is 7.72. The van der Waals surface area contributed by atoms with Crippen LogP contribution in [0.15, 0.2) is 42.2 Å². The van der Waals surface area contributed by atoms with Crippen LogP contribution in [-0.2, 0) is 19.1 Å². The van der Waals surface area contributed by atoms with Crippen LogP contribution < -0.4 is 10.2 Å². The van der Waals surface area contributed by atoms with Gasteiger partial charge in [-0.3, -0.25) is 9.59 Å². The van der Waals surface area contributed by atoms with Gasteiger partial charge in [0.05, 0.1) is 6.67 Å². The number of benzene rings is 1. The minimum atomic E-state index is -0.635. The largest absolute Gasteiger partial charge is 0.459 e. The third-order valence-electron chi connectivity index (χ3n) is 7.72. The summed E-state index contributed by atoms with van der Waals surface area (Å²) in [5, 5.41) is 12.4. The highest BCUT2D eigenvalue weighted by atomic mass is 16.7. The van der Waals surface area contributed by atoms with Crippen molar-refractivity contribution in [2.75, 3.05) is 37.9 Å².